The minimum Gasteiger partial charge on any atom is -0.494 e. The number of hydrogen-bond acceptors (Lipinski definition) is 7. The minimum atomic E-state index is -3.61. The van der Waals surface area contributed by atoms with Crippen LogP contribution in [0.5, 0.6) is 5.75 Å². The fraction of sp³-hybridized carbons (Fsp3) is 0.462. The molecule has 0 bridgehead atoms. The van der Waals surface area contributed by atoms with E-state index < -0.39 is 10.0 Å². The Morgan fingerprint density at radius 1 is 1.03 bits per heavy atom. The average Bonchev–Trinajstić information content (AvgIpc) is 3.36. The molecule has 2 saturated heterocycles. The molecule has 10 heteroatoms. The Kier molecular flexibility index (Phi) is 6.93. The van der Waals surface area contributed by atoms with Crippen LogP contribution in [-0.4, -0.2) is 74.9 Å². The van der Waals surface area contributed by atoms with E-state index in [1.165, 1.54) is 9.87 Å². The van der Waals surface area contributed by atoms with Crippen molar-refractivity contribution < 1.29 is 17.9 Å². The van der Waals surface area contributed by atoms with Crippen LogP contribution in [0.25, 0.3) is 10.2 Å². The van der Waals surface area contributed by atoms with Crippen molar-refractivity contribution in [1.82, 2.24) is 14.2 Å². The summed E-state index contributed by atoms with van der Waals surface area (Å²) in [5, 5.41) is 0.942. The van der Waals surface area contributed by atoms with E-state index in [0.29, 0.717) is 39.1 Å². The van der Waals surface area contributed by atoms with Crippen molar-refractivity contribution in [2.75, 3.05) is 51.3 Å². The lowest BCUT2D eigenvalue weighted by molar-refractivity contribution is -0.137. The smallest absolute Gasteiger partial charge is 0.243 e. The first-order chi connectivity index (χ1) is 17.3. The number of carbonyl (C=O) groups is 1. The summed E-state index contributed by atoms with van der Waals surface area (Å²) in [7, 11) is -1.95. The Morgan fingerprint density at radius 3 is 2.44 bits per heavy atom. The molecule has 3 heterocycles. The summed E-state index contributed by atoms with van der Waals surface area (Å²) in [6.07, 6.45) is 1.41. The molecule has 36 heavy (non-hydrogen) atoms. The van der Waals surface area contributed by atoms with Crippen LogP contribution < -0.4 is 9.64 Å². The summed E-state index contributed by atoms with van der Waals surface area (Å²) in [5.41, 5.74) is 3.07. The highest BCUT2D eigenvalue weighted by Gasteiger charge is 2.36. The molecule has 0 aliphatic carbocycles. The number of anilines is 1. The number of hydrogen-bond donors (Lipinski definition) is 0. The predicted octanol–water partition coefficient (Wildman–Crippen LogP) is 3.67. The molecule has 1 amide bonds. The molecule has 0 saturated carbocycles. The van der Waals surface area contributed by atoms with Crippen molar-refractivity contribution in [2.24, 2.45) is 5.92 Å². The second-order valence-electron chi connectivity index (χ2n) is 9.59. The van der Waals surface area contributed by atoms with Gasteiger partial charge in [0.1, 0.15) is 11.3 Å². The van der Waals surface area contributed by atoms with Gasteiger partial charge in [0.05, 0.1) is 22.6 Å². The van der Waals surface area contributed by atoms with Gasteiger partial charge < -0.3 is 14.5 Å². The first-order valence-electron chi connectivity index (χ1n) is 12.3. The van der Waals surface area contributed by atoms with Gasteiger partial charge in [-0.1, -0.05) is 35.1 Å². The third-order valence-corrected chi connectivity index (χ3v) is 10.3. The summed E-state index contributed by atoms with van der Waals surface area (Å²) >= 11 is 1.66. The maximum atomic E-state index is 13.4. The Bertz CT molecular complexity index is 1360. The van der Waals surface area contributed by atoms with Crippen LogP contribution in [0, 0.1) is 19.8 Å². The van der Waals surface area contributed by atoms with Crippen LogP contribution >= 0.6 is 11.3 Å². The number of thiazole rings is 1. The third-order valence-electron chi connectivity index (χ3n) is 7.17. The van der Waals surface area contributed by atoms with Crippen LogP contribution in [0.2, 0.25) is 0 Å². The molecule has 0 spiro atoms. The zero-order valence-electron chi connectivity index (χ0n) is 20.9. The Balaban J connectivity index is 1.24. The van der Waals surface area contributed by atoms with Gasteiger partial charge in [-0.15, -0.1) is 0 Å². The van der Waals surface area contributed by atoms with E-state index in [0.717, 1.165) is 33.1 Å². The van der Waals surface area contributed by atoms with Crippen LogP contribution in [0.15, 0.2) is 41.3 Å². The Labute approximate surface area is 216 Å². The van der Waals surface area contributed by atoms with Crippen LogP contribution in [-0.2, 0) is 14.8 Å². The van der Waals surface area contributed by atoms with E-state index in [-0.39, 0.29) is 23.3 Å². The SMILES string of the molecule is COc1ccc(C)c2sc(N3CCN(C(=O)C4CCCN(S(=O)(=O)c5ccc(C)cc5)C4)CC3)nc12. The topological polar surface area (TPSA) is 83.0 Å². The summed E-state index contributed by atoms with van der Waals surface area (Å²) in [5.74, 6) is 0.523. The highest BCUT2D eigenvalue weighted by molar-refractivity contribution is 7.89. The summed E-state index contributed by atoms with van der Waals surface area (Å²) in [6, 6.07) is 10.9. The lowest BCUT2D eigenvalue weighted by Crippen LogP contribution is -2.53. The summed E-state index contributed by atoms with van der Waals surface area (Å²) < 4.78 is 34.4. The molecule has 2 aliphatic heterocycles. The fourth-order valence-electron chi connectivity index (χ4n) is 5.00. The number of methoxy groups -OCH3 is 1. The van der Waals surface area contributed by atoms with Gasteiger partial charge in [-0.2, -0.15) is 4.31 Å². The van der Waals surface area contributed by atoms with Crippen LogP contribution in [0.1, 0.15) is 24.0 Å². The van der Waals surface area contributed by atoms with Gasteiger partial charge in [0.2, 0.25) is 15.9 Å². The summed E-state index contributed by atoms with van der Waals surface area (Å²) in [4.78, 5) is 22.6. The third kappa shape index (κ3) is 4.69. The molecule has 2 aliphatic rings. The van der Waals surface area contributed by atoms with Crippen molar-refractivity contribution in [3.8, 4) is 5.75 Å². The van der Waals surface area contributed by atoms with Gasteiger partial charge in [-0.05, 0) is 50.5 Å². The number of ether oxygens (including phenoxy) is 1. The number of amides is 1. The number of aromatic nitrogens is 1. The molecule has 8 nitrogen and oxygen atoms in total. The molecular formula is C26H32N4O4S2. The number of carbonyl (C=O) groups excluding carboxylic acids is 1. The monoisotopic (exact) mass is 528 g/mol. The van der Waals surface area contributed by atoms with Gasteiger partial charge >= 0.3 is 0 Å². The van der Waals surface area contributed by atoms with Crippen LogP contribution in [0.3, 0.4) is 0 Å². The molecule has 2 fully saturated rings. The zero-order chi connectivity index (χ0) is 25.4. The molecule has 3 aromatic rings. The summed E-state index contributed by atoms with van der Waals surface area (Å²) in [6.45, 7) is 7.31. The van der Waals surface area contributed by atoms with Crippen molar-refractivity contribution >= 4 is 42.6 Å². The predicted molar refractivity (Wildman–Crippen MR) is 142 cm³/mol. The molecule has 1 aromatic heterocycles. The largest absolute Gasteiger partial charge is 0.494 e. The second-order valence-corrected chi connectivity index (χ2v) is 12.5. The van der Waals surface area contributed by atoms with Gasteiger partial charge in [0, 0.05) is 39.3 Å². The molecule has 5 rings (SSSR count). The second kappa shape index (κ2) is 9.99. The average molecular weight is 529 g/mol. The molecule has 192 valence electrons. The molecular weight excluding hydrogens is 496 g/mol. The number of piperidine rings is 1. The van der Waals surface area contributed by atoms with Gasteiger partial charge in [0.15, 0.2) is 5.13 Å². The zero-order valence-corrected chi connectivity index (χ0v) is 22.6. The van der Waals surface area contributed by atoms with Gasteiger partial charge in [0.25, 0.3) is 0 Å². The van der Waals surface area contributed by atoms with E-state index in [2.05, 4.69) is 11.8 Å². The molecule has 1 atom stereocenters. The first kappa shape index (κ1) is 25.0. The van der Waals surface area contributed by atoms with Crippen molar-refractivity contribution in [2.45, 2.75) is 31.6 Å². The van der Waals surface area contributed by atoms with Crippen molar-refractivity contribution in [3.63, 3.8) is 0 Å². The van der Waals surface area contributed by atoms with E-state index in [9.17, 15) is 13.2 Å². The molecule has 2 aromatic carbocycles. The number of piperazine rings is 1. The quantitative estimate of drug-likeness (QED) is 0.503. The fourth-order valence-corrected chi connectivity index (χ4v) is 7.62. The Hall–Kier alpha value is -2.69. The van der Waals surface area contributed by atoms with Crippen molar-refractivity contribution in [3.05, 3.63) is 47.5 Å². The standard InChI is InChI=1S/C26H32N4O4S2/c1-18-6-9-21(10-7-18)36(32,33)30-12-4-5-20(17-30)25(31)28-13-15-29(16-14-28)26-27-23-22(34-3)11-8-19(2)24(23)35-26/h6-11,20H,4-5,12-17H2,1-3H3. The lowest BCUT2D eigenvalue weighted by Gasteiger charge is -2.38. The minimum absolute atomic E-state index is 0.0558. The van der Waals surface area contributed by atoms with E-state index in [4.69, 9.17) is 9.72 Å². The van der Waals surface area contributed by atoms with Crippen LogP contribution in [0.4, 0.5) is 5.13 Å². The number of nitrogens with zero attached hydrogens (tertiary/aromatic N) is 4. The highest BCUT2D eigenvalue weighted by atomic mass is 32.2. The Morgan fingerprint density at radius 2 is 1.75 bits per heavy atom. The maximum absolute atomic E-state index is 13.4. The first-order valence-corrected chi connectivity index (χ1v) is 14.6. The number of fused-ring (bicyclic) bond motifs is 1. The van der Waals surface area contributed by atoms with Gasteiger partial charge in [-0.25, -0.2) is 13.4 Å². The van der Waals surface area contributed by atoms with E-state index in [1.807, 2.05) is 36.1 Å². The lowest BCUT2D eigenvalue weighted by atomic mass is 9.98. The van der Waals surface area contributed by atoms with Gasteiger partial charge in [-0.3, -0.25) is 4.79 Å². The number of rotatable bonds is 5. The van der Waals surface area contributed by atoms with E-state index in [1.54, 1.807) is 30.6 Å². The number of sulfonamides is 1. The highest BCUT2D eigenvalue weighted by Crippen LogP contribution is 2.36. The molecule has 1 unspecified atom stereocenters. The van der Waals surface area contributed by atoms with E-state index >= 15 is 0 Å². The molecule has 0 N–H and O–H groups in total. The number of aryl methyl sites for hydroxylation is 2. The normalized spacial score (nSPS) is 19.6. The molecule has 0 radical (unpaired) electrons. The maximum Gasteiger partial charge on any atom is 0.243 e. The van der Waals surface area contributed by atoms with Crippen molar-refractivity contribution in [1.29, 1.82) is 0 Å². The number of benzene rings is 2.